The zero-order valence-electron chi connectivity index (χ0n) is 20.8. The van der Waals surface area contributed by atoms with Crippen LogP contribution in [0, 0.1) is 5.82 Å². The lowest BCUT2D eigenvalue weighted by molar-refractivity contribution is -0.00168. The van der Waals surface area contributed by atoms with Crippen LogP contribution in [0.1, 0.15) is 88.5 Å². The maximum absolute atomic E-state index is 14.9. The molecule has 1 fully saturated rings. The second-order valence-corrected chi connectivity index (χ2v) is 14.5. The second-order valence-electron chi connectivity index (χ2n) is 10.0. The number of hydrogen-bond donors (Lipinski definition) is 0. The van der Waals surface area contributed by atoms with Crippen LogP contribution >= 0.6 is 0 Å². The minimum Gasteiger partial charge on any atom is -0.373 e. The van der Waals surface area contributed by atoms with E-state index in [0.29, 0.717) is 11.3 Å². The van der Waals surface area contributed by atoms with Crippen molar-refractivity contribution < 1.29 is 26.0 Å². The second kappa shape index (κ2) is 9.70. The van der Waals surface area contributed by atoms with E-state index in [-0.39, 0.29) is 35.3 Å². The van der Waals surface area contributed by atoms with E-state index in [0.717, 1.165) is 29.9 Å². The molecule has 3 rings (SSSR count). The summed E-state index contributed by atoms with van der Waals surface area (Å²) >= 11 is 0. The van der Waals surface area contributed by atoms with E-state index in [1.54, 1.807) is 19.1 Å². The summed E-state index contributed by atoms with van der Waals surface area (Å²) < 4.78 is 70.9. The Labute approximate surface area is 203 Å². The third-order valence-corrected chi connectivity index (χ3v) is 10.7. The first-order chi connectivity index (χ1) is 15.7. The van der Waals surface area contributed by atoms with Gasteiger partial charge in [0.2, 0.25) is 0 Å². The zero-order chi connectivity index (χ0) is 25.5. The van der Waals surface area contributed by atoms with Crippen molar-refractivity contribution in [2.45, 2.75) is 86.4 Å². The number of halogens is 1. The molecule has 5 nitrogen and oxygen atoms in total. The lowest BCUT2D eigenvalue weighted by Gasteiger charge is -2.38. The maximum Gasteiger partial charge on any atom is 0.184 e. The fourth-order valence-corrected chi connectivity index (χ4v) is 6.86. The van der Waals surface area contributed by atoms with E-state index in [2.05, 4.69) is 19.9 Å². The molecule has 0 aliphatic carbocycles. The van der Waals surface area contributed by atoms with Crippen LogP contribution in [0.5, 0.6) is 0 Å². The van der Waals surface area contributed by atoms with E-state index in [4.69, 9.17) is 4.74 Å². The summed E-state index contributed by atoms with van der Waals surface area (Å²) in [5.74, 6) is -0.309. The Morgan fingerprint density at radius 3 is 2.24 bits per heavy atom. The van der Waals surface area contributed by atoms with Gasteiger partial charge in [0, 0.05) is 18.4 Å². The molecule has 0 saturated carbocycles. The molecule has 0 N–H and O–H groups in total. The van der Waals surface area contributed by atoms with Crippen LogP contribution in [0.2, 0.25) is 0 Å². The van der Waals surface area contributed by atoms with Crippen LogP contribution in [0.3, 0.4) is 0 Å². The summed E-state index contributed by atoms with van der Waals surface area (Å²) in [5.41, 5.74) is 2.15. The van der Waals surface area contributed by atoms with E-state index in [9.17, 15) is 21.2 Å². The normalized spacial score (nSPS) is 22.6. The smallest absolute Gasteiger partial charge is 0.184 e. The van der Waals surface area contributed by atoms with Crippen LogP contribution in [0.4, 0.5) is 4.39 Å². The van der Waals surface area contributed by atoms with Gasteiger partial charge in [-0.2, -0.15) is 0 Å². The van der Waals surface area contributed by atoms with Gasteiger partial charge in [0.25, 0.3) is 0 Å². The third kappa shape index (κ3) is 5.24. The minimum atomic E-state index is -3.77. The van der Waals surface area contributed by atoms with Crippen molar-refractivity contribution in [1.29, 1.82) is 0 Å². The van der Waals surface area contributed by atoms with Crippen molar-refractivity contribution in [3.8, 4) is 0 Å². The molecule has 1 saturated heterocycles. The molecule has 1 aliphatic heterocycles. The summed E-state index contributed by atoms with van der Waals surface area (Å²) in [5, 5.41) is 0. The predicted octanol–water partition coefficient (Wildman–Crippen LogP) is 5.95. The summed E-state index contributed by atoms with van der Waals surface area (Å²) in [6, 6.07) is 9.33. The molecule has 188 valence electrons. The van der Waals surface area contributed by atoms with Crippen molar-refractivity contribution >= 4 is 19.7 Å². The Balaban J connectivity index is 2.02. The van der Waals surface area contributed by atoms with Gasteiger partial charge in [0.05, 0.1) is 20.6 Å². The molecule has 0 radical (unpaired) electrons. The molecule has 2 aromatic rings. The summed E-state index contributed by atoms with van der Waals surface area (Å²) in [7, 11) is -7.32. The molecule has 1 aliphatic rings. The summed E-state index contributed by atoms with van der Waals surface area (Å²) in [4.78, 5) is 0.174. The largest absolute Gasteiger partial charge is 0.373 e. The van der Waals surface area contributed by atoms with Gasteiger partial charge in [-0.25, -0.2) is 21.2 Å². The van der Waals surface area contributed by atoms with Gasteiger partial charge in [-0.3, -0.25) is 0 Å². The first-order valence-corrected chi connectivity index (χ1v) is 15.1. The Kier molecular flexibility index (Phi) is 7.66. The molecule has 0 spiro atoms. The molecule has 8 heteroatoms. The quantitative estimate of drug-likeness (QED) is 0.460. The van der Waals surface area contributed by atoms with Crippen LogP contribution in [-0.2, 0) is 24.4 Å². The van der Waals surface area contributed by atoms with Crippen LogP contribution in [-0.4, -0.2) is 34.4 Å². The van der Waals surface area contributed by atoms with Crippen molar-refractivity contribution in [1.82, 2.24) is 0 Å². The standard InChI is InChI=1S/C26H35FO5S2/c1-7-18(4)20-12-19(17(2)3)13-22(14-20)34(30,31)26(5)10-11-32-25(16-26)23-9-8-21(15-24(23)27)33(6,28)29/h8-9,12-15,17-18,25H,7,10-11,16H2,1-6H3. The maximum atomic E-state index is 14.9. The first kappa shape index (κ1) is 26.8. The molecule has 2 aromatic carbocycles. The van der Waals surface area contributed by atoms with Crippen molar-refractivity contribution in [3.63, 3.8) is 0 Å². The predicted molar refractivity (Wildman–Crippen MR) is 132 cm³/mol. The van der Waals surface area contributed by atoms with Gasteiger partial charge in [0.15, 0.2) is 19.7 Å². The van der Waals surface area contributed by atoms with Crippen LogP contribution < -0.4 is 0 Å². The number of rotatable bonds is 7. The Morgan fingerprint density at radius 2 is 1.68 bits per heavy atom. The molecule has 0 aromatic heterocycles. The fourth-order valence-electron chi connectivity index (χ4n) is 4.35. The van der Waals surface area contributed by atoms with Crippen LogP contribution in [0.15, 0.2) is 46.2 Å². The Hall–Kier alpha value is -1.77. The van der Waals surface area contributed by atoms with Crippen molar-refractivity contribution in [2.24, 2.45) is 0 Å². The number of sulfone groups is 2. The Morgan fingerprint density at radius 1 is 1.03 bits per heavy atom. The molecular weight excluding hydrogens is 475 g/mol. The SMILES string of the molecule is CCC(C)c1cc(C(C)C)cc(S(=O)(=O)C2(C)CCOC(c3ccc(S(C)(=O)=O)cc3F)C2)c1. The lowest BCUT2D eigenvalue weighted by Crippen LogP contribution is -2.42. The van der Waals surface area contributed by atoms with E-state index in [1.807, 2.05) is 13.8 Å². The topological polar surface area (TPSA) is 77.5 Å². The minimum absolute atomic E-state index is 0.0784. The molecule has 3 atom stereocenters. The highest BCUT2D eigenvalue weighted by molar-refractivity contribution is 7.92. The number of benzene rings is 2. The zero-order valence-corrected chi connectivity index (χ0v) is 22.4. The summed E-state index contributed by atoms with van der Waals surface area (Å²) in [6.07, 6.45) is 1.50. The molecule has 3 unspecified atom stereocenters. The van der Waals surface area contributed by atoms with Crippen molar-refractivity contribution in [2.75, 3.05) is 12.9 Å². The molecule has 34 heavy (non-hydrogen) atoms. The number of hydrogen-bond acceptors (Lipinski definition) is 5. The molecule has 0 bridgehead atoms. The monoisotopic (exact) mass is 510 g/mol. The van der Waals surface area contributed by atoms with E-state index >= 15 is 0 Å². The molecule has 1 heterocycles. The fraction of sp³-hybridized carbons (Fsp3) is 0.538. The van der Waals surface area contributed by atoms with Crippen molar-refractivity contribution in [3.05, 3.63) is 58.9 Å². The lowest BCUT2D eigenvalue weighted by atomic mass is 9.92. The number of ether oxygens (including phenoxy) is 1. The van der Waals surface area contributed by atoms with Gasteiger partial charge in [-0.05, 0) is 73.4 Å². The highest BCUT2D eigenvalue weighted by Crippen LogP contribution is 2.43. The average Bonchev–Trinajstić information content (AvgIpc) is 2.77. The highest BCUT2D eigenvalue weighted by Gasteiger charge is 2.45. The molecular formula is C26H35FO5S2. The van der Waals surface area contributed by atoms with Crippen LogP contribution in [0.25, 0.3) is 0 Å². The van der Waals surface area contributed by atoms with Gasteiger partial charge in [0.1, 0.15) is 5.82 Å². The van der Waals surface area contributed by atoms with Gasteiger partial charge < -0.3 is 4.74 Å². The third-order valence-electron chi connectivity index (χ3n) is 7.07. The van der Waals surface area contributed by atoms with E-state index in [1.165, 1.54) is 12.1 Å². The Bertz CT molecular complexity index is 1270. The van der Waals surface area contributed by atoms with Gasteiger partial charge in [-0.15, -0.1) is 0 Å². The summed E-state index contributed by atoms with van der Waals surface area (Å²) in [6.45, 7) is 10.1. The van der Waals surface area contributed by atoms with Gasteiger partial charge >= 0.3 is 0 Å². The average molecular weight is 511 g/mol. The highest BCUT2D eigenvalue weighted by atomic mass is 32.2. The first-order valence-electron chi connectivity index (χ1n) is 11.7. The molecule has 0 amide bonds. The van der Waals surface area contributed by atoms with Gasteiger partial charge in [-0.1, -0.05) is 39.8 Å². The van der Waals surface area contributed by atoms with E-state index < -0.39 is 36.3 Å².